The monoisotopic (exact) mass is 487 g/mol. The lowest BCUT2D eigenvalue weighted by Crippen LogP contribution is -2.30. The summed E-state index contributed by atoms with van der Waals surface area (Å²) in [7, 11) is 0. The van der Waals surface area contributed by atoms with Crippen molar-refractivity contribution >= 4 is 35.6 Å². The fourth-order valence-corrected chi connectivity index (χ4v) is 2.50. The number of benzene rings is 2. The number of hydrogen-bond donors (Lipinski definition) is 3. The highest BCUT2D eigenvalue weighted by atomic mass is 127. The van der Waals surface area contributed by atoms with Crippen LogP contribution in [0.15, 0.2) is 41.4 Å². The molecule has 8 heteroatoms. The number of aliphatic imine (C=N–C) groups is 1. The third-order valence-corrected chi connectivity index (χ3v) is 3.79. The van der Waals surface area contributed by atoms with Gasteiger partial charge in [0.2, 0.25) is 0 Å². The molecule has 1 aliphatic heterocycles. The maximum atomic E-state index is 13.4. The van der Waals surface area contributed by atoms with Crippen LogP contribution in [0.1, 0.15) is 18.9 Å². The van der Waals surface area contributed by atoms with Crippen LogP contribution in [0.5, 0.6) is 17.2 Å². The molecular formula is C19H23FIN3O3. The summed E-state index contributed by atoms with van der Waals surface area (Å²) in [5, 5.41) is 15.6. The third-order valence-electron chi connectivity index (χ3n) is 3.79. The van der Waals surface area contributed by atoms with Gasteiger partial charge in [-0.2, -0.15) is 0 Å². The van der Waals surface area contributed by atoms with E-state index in [2.05, 4.69) is 15.6 Å². The molecule has 0 radical (unpaired) electrons. The van der Waals surface area contributed by atoms with Gasteiger partial charge in [-0.1, -0.05) is 6.07 Å². The highest BCUT2D eigenvalue weighted by Crippen LogP contribution is 2.32. The molecule has 0 saturated heterocycles. The molecule has 146 valence electrons. The van der Waals surface area contributed by atoms with Crippen LogP contribution in [0.3, 0.4) is 0 Å². The van der Waals surface area contributed by atoms with Crippen molar-refractivity contribution < 1.29 is 19.0 Å². The highest BCUT2D eigenvalue weighted by molar-refractivity contribution is 14.0. The number of fused-ring (bicyclic) bond motifs is 1. The van der Waals surface area contributed by atoms with Gasteiger partial charge in [0.25, 0.3) is 0 Å². The molecule has 2 aromatic carbocycles. The van der Waals surface area contributed by atoms with Gasteiger partial charge in [0.1, 0.15) is 0 Å². The second kappa shape index (κ2) is 10.2. The minimum absolute atomic E-state index is 0. The van der Waals surface area contributed by atoms with Gasteiger partial charge in [-0.3, -0.25) is 0 Å². The Morgan fingerprint density at radius 3 is 2.67 bits per heavy atom. The lowest BCUT2D eigenvalue weighted by atomic mass is 10.2. The van der Waals surface area contributed by atoms with Crippen LogP contribution < -0.4 is 20.1 Å². The largest absolute Gasteiger partial charge is 0.505 e. The molecule has 0 amide bonds. The molecule has 0 fully saturated rings. The summed E-state index contributed by atoms with van der Waals surface area (Å²) < 4.78 is 24.8. The number of aromatic hydroxyl groups is 1. The van der Waals surface area contributed by atoms with Gasteiger partial charge < -0.3 is 25.2 Å². The van der Waals surface area contributed by atoms with E-state index in [1.165, 1.54) is 12.1 Å². The second-order valence-corrected chi connectivity index (χ2v) is 5.82. The van der Waals surface area contributed by atoms with Crippen LogP contribution >= 0.6 is 24.0 Å². The zero-order valence-corrected chi connectivity index (χ0v) is 17.3. The number of nitrogens with zero attached hydrogens (tertiary/aromatic N) is 1. The first kappa shape index (κ1) is 21.1. The molecule has 0 unspecified atom stereocenters. The number of rotatable bonds is 4. The van der Waals surface area contributed by atoms with Crippen molar-refractivity contribution in [3.8, 4) is 17.2 Å². The first-order valence-corrected chi connectivity index (χ1v) is 8.58. The molecule has 0 aromatic heterocycles. The molecule has 0 bridgehead atoms. The molecule has 0 spiro atoms. The molecule has 27 heavy (non-hydrogen) atoms. The van der Waals surface area contributed by atoms with E-state index in [-0.39, 0.29) is 36.3 Å². The van der Waals surface area contributed by atoms with Gasteiger partial charge in [-0.05, 0) is 36.8 Å². The Labute approximate surface area is 174 Å². The number of phenols is 1. The molecule has 0 aliphatic carbocycles. The van der Waals surface area contributed by atoms with E-state index >= 15 is 0 Å². The second-order valence-electron chi connectivity index (χ2n) is 5.82. The zero-order valence-electron chi connectivity index (χ0n) is 15.0. The van der Waals surface area contributed by atoms with Crippen molar-refractivity contribution in [2.24, 2.45) is 4.99 Å². The van der Waals surface area contributed by atoms with E-state index in [1.54, 1.807) is 6.07 Å². The van der Waals surface area contributed by atoms with Crippen LogP contribution in [0.25, 0.3) is 0 Å². The average Bonchev–Trinajstić information content (AvgIpc) is 2.87. The number of halogens is 2. The molecule has 0 atom stereocenters. The summed E-state index contributed by atoms with van der Waals surface area (Å²) in [6.07, 6.45) is 0.852. The minimum Gasteiger partial charge on any atom is -0.505 e. The van der Waals surface area contributed by atoms with Crippen molar-refractivity contribution in [2.75, 3.05) is 25.1 Å². The lowest BCUT2D eigenvalue weighted by Gasteiger charge is -2.13. The fraction of sp³-hybridized carbons (Fsp3) is 0.316. The Morgan fingerprint density at radius 1 is 1.15 bits per heavy atom. The molecule has 2 aromatic rings. The van der Waals surface area contributed by atoms with Gasteiger partial charge in [-0.25, -0.2) is 9.38 Å². The summed E-state index contributed by atoms with van der Waals surface area (Å²) in [6, 6.07) is 9.86. The Hall–Kier alpha value is -2.23. The number of phenolic OH excluding ortho intramolecular Hbond substituents is 1. The van der Waals surface area contributed by atoms with Crippen molar-refractivity contribution in [1.29, 1.82) is 0 Å². The predicted molar refractivity (Wildman–Crippen MR) is 114 cm³/mol. The van der Waals surface area contributed by atoms with E-state index in [0.29, 0.717) is 37.0 Å². The predicted octanol–water partition coefficient (Wildman–Crippen LogP) is 3.89. The quantitative estimate of drug-likeness (QED) is 0.347. The molecule has 3 N–H and O–H groups in total. The van der Waals surface area contributed by atoms with Crippen molar-refractivity contribution in [3.05, 3.63) is 47.8 Å². The molecule has 1 aliphatic rings. The maximum Gasteiger partial charge on any atom is 0.196 e. The van der Waals surface area contributed by atoms with Crippen LogP contribution in [-0.4, -0.2) is 30.8 Å². The number of hydrogen-bond acceptors (Lipinski definition) is 4. The Morgan fingerprint density at radius 2 is 1.93 bits per heavy atom. The topological polar surface area (TPSA) is 75.1 Å². The number of guanidine groups is 1. The van der Waals surface area contributed by atoms with E-state index in [9.17, 15) is 9.50 Å². The third kappa shape index (κ3) is 5.88. The fourth-order valence-electron chi connectivity index (χ4n) is 2.50. The SMILES string of the molecule is CCNC(=NCc1ccc(O)c(F)c1)Nc1ccc2c(c1)OCCCO2.I. The summed E-state index contributed by atoms with van der Waals surface area (Å²) in [6.45, 7) is 4.19. The van der Waals surface area contributed by atoms with Crippen molar-refractivity contribution in [1.82, 2.24) is 5.32 Å². The first-order chi connectivity index (χ1) is 12.7. The lowest BCUT2D eigenvalue weighted by molar-refractivity contribution is 0.297. The Balaban J connectivity index is 0.00000261. The van der Waals surface area contributed by atoms with E-state index in [1.807, 2.05) is 25.1 Å². The van der Waals surface area contributed by atoms with Crippen molar-refractivity contribution in [3.63, 3.8) is 0 Å². The average molecular weight is 487 g/mol. The van der Waals surface area contributed by atoms with Gasteiger partial charge in [0.15, 0.2) is 29.0 Å². The van der Waals surface area contributed by atoms with Crippen molar-refractivity contribution in [2.45, 2.75) is 19.9 Å². The highest BCUT2D eigenvalue weighted by Gasteiger charge is 2.11. The first-order valence-electron chi connectivity index (χ1n) is 8.58. The normalized spacial score (nSPS) is 13.3. The van der Waals surface area contributed by atoms with E-state index in [4.69, 9.17) is 9.47 Å². The molecule has 1 heterocycles. The van der Waals surface area contributed by atoms with Crippen LogP contribution in [0.2, 0.25) is 0 Å². The molecular weight excluding hydrogens is 464 g/mol. The molecule has 0 saturated carbocycles. The molecule has 6 nitrogen and oxygen atoms in total. The summed E-state index contributed by atoms with van der Waals surface area (Å²) >= 11 is 0. The standard InChI is InChI=1S/C19H22FN3O3.HI/c1-2-21-19(22-12-13-4-6-16(24)15(20)10-13)23-14-5-7-17-18(11-14)26-9-3-8-25-17;/h4-7,10-11,24H,2-3,8-9,12H2,1H3,(H2,21,22,23);1H. The number of anilines is 1. The summed E-state index contributed by atoms with van der Waals surface area (Å²) in [5.41, 5.74) is 1.47. The zero-order chi connectivity index (χ0) is 18.4. The smallest absolute Gasteiger partial charge is 0.196 e. The number of ether oxygens (including phenoxy) is 2. The maximum absolute atomic E-state index is 13.4. The van der Waals surface area contributed by atoms with Crippen LogP contribution in [-0.2, 0) is 6.54 Å². The van der Waals surface area contributed by atoms with Gasteiger partial charge in [0, 0.05) is 24.7 Å². The molecule has 3 rings (SSSR count). The number of nitrogens with one attached hydrogen (secondary N) is 2. The van der Waals surface area contributed by atoms with Crippen LogP contribution in [0, 0.1) is 5.82 Å². The van der Waals surface area contributed by atoms with Gasteiger partial charge in [0.05, 0.1) is 19.8 Å². The van der Waals surface area contributed by atoms with Crippen LogP contribution in [0.4, 0.5) is 10.1 Å². The van der Waals surface area contributed by atoms with Gasteiger partial charge >= 0.3 is 0 Å². The Kier molecular flexibility index (Phi) is 7.96. The summed E-state index contributed by atoms with van der Waals surface area (Å²) in [4.78, 5) is 4.45. The van der Waals surface area contributed by atoms with E-state index in [0.717, 1.165) is 17.9 Å². The Bertz CT molecular complexity index is 802. The minimum atomic E-state index is -0.654. The summed E-state index contributed by atoms with van der Waals surface area (Å²) in [5.74, 6) is 0.975. The van der Waals surface area contributed by atoms with Gasteiger partial charge in [-0.15, -0.1) is 24.0 Å². The van der Waals surface area contributed by atoms with E-state index < -0.39 is 5.82 Å².